The fraction of sp³-hybridized carbons (Fsp3) is 0.259. The monoisotopic (exact) mass is 562 g/mol. The second-order valence-corrected chi connectivity index (χ2v) is 10.3. The number of rotatable bonds is 8. The molecule has 12 nitrogen and oxygen atoms in total. The van der Waals surface area contributed by atoms with Crippen LogP contribution < -0.4 is 14.8 Å². The minimum absolute atomic E-state index is 0.134. The Morgan fingerprint density at radius 1 is 1.10 bits per heavy atom. The molecule has 40 heavy (non-hydrogen) atoms. The van der Waals surface area contributed by atoms with E-state index in [1.807, 2.05) is 0 Å². The maximum absolute atomic E-state index is 13.2. The van der Waals surface area contributed by atoms with E-state index in [0.29, 0.717) is 46.9 Å². The van der Waals surface area contributed by atoms with Gasteiger partial charge in [-0.25, -0.2) is 4.98 Å². The normalized spacial score (nSPS) is 14.8. The Bertz CT molecular complexity index is 1560. The van der Waals surface area contributed by atoms with E-state index in [1.54, 1.807) is 69.4 Å². The summed E-state index contributed by atoms with van der Waals surface area (Å²) < 4.78 is 17.5. The highest BCUT2D eigenvalue weighted by molar-refractivity contribution is 7.17. The average molecular weight is 563 g/mol. The van der Waals surface area contributed by atoms with Crippen LogP contribution in [0.15, 0.2) is 53.1 Å². The van der Waals surface area contributed by atoms with Crippen molar-refractivity contribution >= 4 is 34.2 Å². The second kappa shape index (κ2) is 11.1. The third kappa shape index (κ3) is 5.94. The smallest absolute Gasteiger partial charge is 0.265 e. The Morgan fingerprint density at radius 3 is 2.50 bits per heavy atom. The lowest BCUT2D eigenvalue weighted by Crippen LogP contribution is -2.29. The molecule has 1 unspecified atom stereocenters. The molecular formula is C27H26N6O6S. The summed E-state index contributed by atoms with van der Waals surface area (Å²) in [5, 5.41) is 10.8. The lowest BCUT2D eigenvalue weighted by Gasteiger charge is -2.15. The maximum Gasteiger partial charge on any atom is 0.265 e. The Labute approximate surface area is 233 Å². The topological polar surface area (TPSA) is 140 Å². The van der Waals surface area contributed by atoms with Gasteiger partial charge in [0, 0.05) is 58.2 Å². The number of benzene rings is 2. The number of anilines is 1. The number of aromatic nitrogens is 3. The summed E-state index contributed by atoms with van der Waals surface area (Å²) >= 11 is 1.07. The number of thiazole rings is 1. The molecule has 0 bridgehead atoms. The van der Waals surface area contributed by atoms with Crippen molar-refractivity contribution in [3.05, 3.63) is 65.0 Å². The van der Waals surface area contributed by atoms with Crippen molar-refractivity contribution in [3.8, 4) is 28.7 Å². The van der Waals surface area contributed by atoms with E-state index in [4.69, 9.17) is 13.9 Å². The number of hydrogen-bond acceptors (Lipinski definition) is 10. The van der Waals surface area contributed by atoms with Crippen molar-refractivity contribution in [3.63, 3.8) is 0 Å². The summed E-state index contributed by atoms with van der Waals surface area (Å²) in [5.74, 6) is 1.14. The molecule has 1 N–H and O–H groups in total. The number of carbonyl (C=O) groups excluding carboxylic acids is 3. The van der Waals surface area contributed by atoms with Crippen LogP contribution in [-0.2, 0) is 4.79 Å². The average Bonchev–Trinajstić information content (AvgIpc) is 3.66. The van der Waals surface area contributed by atoms with E-state index in [9.17, 15) is 14.4 Å². The minimum atomic E-state index is -0.660. The van der Waals surface area contributed by atoms with Gasteiger partial charge >= 0.3 is 0 Å². The first-order valence-corrected chi connectivity index (χ1v) is 13.1. The SMILES string of the molecule is Cc1nnc(-c2ccc(Oc3cc(OC4CCN(C)C4=O)cc(C(=O)Nc4ncc(C(=O)N(C)C)s4)c3)cc2)o1. The first kappa shape index (κ1) is 26.8. The molecule has 2 aromatic heterocycles. The highest BCUT2D eigenvalue weighted by atomic mass is 32.1. The minimum Gasteiger partial charge on any atom is -0.480 e. The molecule has 4 aromatic rings. The summed E-state index contributed by atoms with van der Waals surface area (Å²) in [6.07, 6.45) is 1.28. The van der Waals surface area contributed by atoms with Gasteiger partial charge in [0.05, 0.1) is 6.20 Å². The van der Waals surface area contributed by atoms with Crippen LogP contribution in [0, 0.1) is 6.92 Å². The van der Waals surface area contributed by atoms with Crippen LogP contribution in [-0.4, -0.2) is 76.5 Å². The van der Waals surface area contributed by atoms with Gasteiger partial charge in [-0.2, -0.15) is 0 Å². The van der Waals surface area contributed by atoms with Crippen LogP contribution in [0.2, 0.25) is 0 Å². The zero-order valence-electron chi connectivity index (χ0n) is 22.2. The number of nitrogens with one attached hydrogen (secondary N) is 1. The molecule has 0 aliphatic carbocycles. The zero-order valence-corrected chi connectivity index (χ0v) is 23.0. The van der Waals surface area contributed by atoms with Gasteiger partial charge in [-0.05, 0) is 36.4 Å². The van der Waals surface area contributed by atoms with E-state index in [1.165, 1.54) is 17.2 Å². The number of amides is 3. The van der Waals surface area contributed by atoms with E-state index >= 15 is 0 Å². The molecule has 3 heterocycles. The van der Waals surface area contributed by atoms with Crippen molar-refractivity contribution in [2.75, 3.05) is 33.0 Å². The quantitative estimate of drug-likeness (QED) is 0.339. The van der Waals surface area contributed by atoms with Crippen LogP contribution in [0.1, 0.15) is 32.3 Å². The van der Waals surface area contributed by atoms with Crippen LogP contribution in [0.5, 0.6) is 17.2 Å². The summed E-state index contributed by atoms with van der Waals surface area (Å²) in [7, 11) is 4.99. The van der Waals surface area contributed by atoms with E-state index in [0.717, 1.165) is 16.9 Å². The number of hydrogen-bond donors (Lipinski definition) is 1. The van der Waals surface area contributed by atoms with Crippen LogP contribution in [0.25, 0.3) is 11.5 Å². The molecule has 0 spiro atoms. The van der Waals surface area contributed by atoms with Crippen molar-refractivity contribution in [1.29, 1.82) is 0 Å². The molecule has 1 atom stereocenters. The van der Waals surface area contributed by atoms with Crippen molar-refractivity contribution in [1.82, 2.24) is 25.0 Å². The Morgan fingerprint density at radius 2 is 1.85 bits per heavy atom. The Hall–Kier alpha value is -4.78. The molecular weight excluding hydrogens is 536 g/mol. The number of nitrogens with zero attached hydrogens (tertiary/aromatic N) is 5. The highest BCUT2D eigenvalue weighted by Gasteiger charge is 2.31. The van der Waals surface area contributed by atoms with Crippen molar-refractivity contribution in [2.24, 2.45) is 0 Å². The summed E-state index contributed by atoms with van der Waals surface area (Å²) in [5.41, 5.74) is 0.949. The van der Waals surface area contributed by atoms with Gasteiger partial charge < -0.3 is 23.7 Å². The van der Waals surface area contributed by atoms with E-state index < -0.39 is 12.0 Å². The van der Waals surface area contributed by atoms with Crippen molar-refractivity contribution in [2.45, 2.75) is 19.4 Å². The van der Waals surface area contributed by atoms with E-state index in [2.05, 4.69) is 20.5 Å². The number of likely N-dealkylation sites (N-methyl/N-ethyl adjacent to an activating group) is 1. The van der Waals surface area contributed by atoms with Crippen LogP contribution in [0.4, 0.5) is 5.13 Å². The predicted octanol–water partition coefficient (Wildman–Crippen LogP) is 3.86. The number of carbonyl (C=O) groups is 3. The molecule has 5 rings (SSSR count). The summed E-state index contributed by atoms with van der Waals surface area (Å²) in [4.78, 5) is 45.4. The fourth-order valence-electron chi connectivity index (χ4n) is 3.93. The maximum atomic E-state index is 13.2. The number of likely N-dealkylation sites (tertiary alicyclic amines) is 1. The molecule has 1 fully saturated rings. The van der Waals surface area contributed by atoms with Gasteiger partial charge in [-0.15, -0.1) is 10.2 Å². The standard InChI is InChI=1S/C27H26N6O6S/c1-15-30-31-24(37-15)16-5-7-18(8-6-16)38-19-11-17(12-20(13-19)39-21-9-10-33(4)25(21)35)23(34)29-27-28-14-22(40-27)26(36)32(2)3/h5-8,11-14,21H,9-10H2,1-4H3,(H,28,29,34). The third-order valence-corrected chi connectivity index (χ3v) is 6.91. The molecule has 206 valence electrons. The molecule has 1 aliphatic rings. The predicted molar refractivity (Wildman–Crippen MR) is 146 cm³/mol. The zero-order chi connectivity index (χ0) is 28.4. The Kier molecular flexibility index (Phi) is 7.47. The third-order valence-electron chi connectivity index (χ3n) is 6.01. The van der Waals surface area contributed by atoms with Gasteiger partial charge in [0.1, 0.15) is 22.1 Å². The van der Waals surface area contributed by atoms with Gasteiger partial charge in [-0.3, -0.25) is 19.7 Å². The van der Waals surface area contributed by atoms with Crippen LogP contribution >= 0.6 is 11.3 Å². The molecule has 1 saturated heterocycles. The second-order valence-electron chi connectivity index (χ2n) is 9.28. The summed E-state index contributed by atoms with van der Waals surface area (Å²) in [6.45, 7) is 2.29. The summed E-state index contributed by atoms with van der Waals surface area (Å²) in [6, 6.07) is 11.7. The first-order chi connectivity index (χ1) is 19.2. The highest BCUT2D eigenvalue weighted by Crippen LogP contribution is 2.31. The first-order valence-electron chi connectivity index (χ1n) is 12.3. The molecule has 0 radical (unpaired) electrons. The van der Waals surface area contributed by atoms with Gasteiger partial charge in [0.15, 0.2) is 11.2 Å². The lowest BCUT2D eigenvalue weighted by atomic mass is 10.1. The van der Waals surface area contributed by atoms with Gasteiger partial charge in [-0.1, -0.05) is 11.3 Å². The fourth-order valence-corrected chi connectivity index (χ4v) is 4.76. The molecule has 3 amide bonds. The lowest BCUT2D eigenvalue weighted by molar-refractivity contribution is -0.132. The molecule has 13 heteroatoms. The molecule has 0 saturated carbocycles. The number of aryl methyl sites for hydroxylation is 1. The van der Waals surface area contributed by atoms with Crippen LogP contribution in [0.3, 0.4) is 0 Å². The van der Waals surface area contributed by atoms with Crippen molar-refractivity contribution < 1.29 is 28.3 Å². The number of ether oxygens (including phenoxy) is 2. The largest absolute Gasteiger partial charge is 0.480 e. The van der Waals surface area contributed by atoms with Gasteiger partial charge in [0.2, 0.25) is 11.8 Å². The Balaban J connectivity index is 1.39. The van der Waals surface area contributed by atoms with E-state index in [-0.39, 0.29) is 22.5 Å². The molecule has 1 aliphatic heterocycles. The molecule has 2 aromatic carbocycles. The van der Waals surface area contributed by atoms with Gasteiger partial charge in [0.25, 0.3) is 17.7 Å².